The Balaban J connectivity index is 2.03. The van der Waals surface area contributed by atoms with Gasteiger partial charge in [0, 0.05) is 6.42 Å². The highest BCUT2D eigenvalue weighted by molar-refractivity contribution is 6.33. The van der Waals surface area contributed by atoms with E-state index in [1.165, 1.54) is 12.1 Å². The summed E-state index contributed by atoms with van der Waals surface area (Å²) in [5.41, 5.74) is 5.56. The van der Waals surface area contributed by atoms with Gasteiger partial charge >= 0.3 is 0 Å². The summed E-state index contributed by atoms with van der Waals surface area (Å²) in [7, 11) is 0. The molecule has 1 fully saturated rings. The van der Waals surface area contributed by atoms with Crippen molar-refractivity contribution in [1.82, 2.24) is 10.9 Å². The van der Waals surface area contributed by atoms with Crippen LogP contribution < -0.4 is 16.2 Å². The Bertz CT molecular complexity index is 444. The summed E-state index contributed by atoms with van der Waals surface area (Å²) >= 11 is 11.6. The highest BCUT2D eigenvalue weighted by Gasteiger charge is 2.28. The molecule has 0 radical (unpaired) electrons. The lowest BCUT2D eigenvalue weighted by atomic mass is 10.2. The average molecular weight is 278 g/mol. The van der Waals surface area contributed by atoms with Crippen molar-refractivity contribution in [2.24, 2.45) is 0 Å². The Hall–Kier alpha value is -0.880. The van der Waals surface area contributed by atoms with Gasteiger partial charge in [-0.3, -0.25) is 4.79 Å². The minimum absolute atomic E-state index is 0.159. The van der Waals surface area contributed by atoms with E-state index >= 15 is 0 Å². The number of anilines is 1. The third kappa shape index (κ3) is 3.07. The topological polar surface area (TPSA) is 53.2 Å². The fourth-order valence-corrected chi connectivity index (χ4v) is 1.95. The maximum Gasteiger partial charge on any atom is 0.243 e. The average Bonchev–Trinajstić information content (AvgIpc) is 2.69. The van der Waals surface area contributed by atoms with Crippen molar-refractivity contribution in [3.8, 4) is 0 Å². The molecule has 7 heteroatoms. The summed E-state index contributed by atoms with van der Waals surface area (Å²) in [6, 6.07) is 3.35. The molecule has 2 unspecified atom stereocenters. The van der Waals surface area contributed by atoms with E-state index in [2.05, 4.69) is 16.2 Å². The Labute approximate surface area is 107 Å². The number of nitrogens with one attached hydrogen (secondary N) is 3. The standard InChI is InChI=1S/C10H10Cl2FN3O/c11-6-3-5(13)1-2-7(6)14-10(17)8-4-9(12)16-15-8/h1-3,8-9,15-16H,4H2,(H,14,17). The molecule has 1 saturated heterocycles. The first-order valence-corrected chi connectivity index (χ1v) is 5.79. The molecule has 92 valence electrons. The maximum absolute atomic E-state index is 12.8. The molecule has 1 aromatic carbocycles. The summed E-state index contributed by atoms with van der Waals surface area (Å²) in [4.78, 5) is 11.8. The maximum atomic E-state index is 12.8. The van der Waals surface area contributed by atoms with Crippen molar-refractivity contribution in [2.75, 3.05) is 5.32 Å². The first-order valence-electron chi connectivity index (χ1n) is 4.97. The van der Waals surface area contributed by atoms with Crippen LogP contribution in [0.15, 0.2) is 18.2 Å². The van der Waals surface area contributed by atoms with E-state index in [9.17, 15) is 9.18 Å². The summed E-state index contributed by atoms with van der Waals surface area (Å²) in [6.45, 7) is 0. The van der Waals surface area contributed by atoms with Crippen LogP contribution in [0.25, 0.3) is 0 Å². The van der Waals surface area contributed by atoms with E-state index in [4.69, 9.17) is 23.2 Å². The number of carbonyl (C=O) groups is 1. The predicted molar refractivity (Wildman–Crippen MR) is 64.4 cm³/mol. The Morgan fingerprint density at radius 3 is 2.82 bits per heavy atom. The zero-order valence-electron chi connectivity index (χ0n) is 8.64. The summed E-state index contributed by atoms with van der Waals surface area (Å²) < 4.78 is 12.8. The van der Waals surface area contributed by atoms with Crippen molar-refractivity contribution in [3.63, 3.8) is 0 Å². The second kappa shape index (κ2) is 5.18. The molecule has 0 bridgehead atoms. The molecular weight excluding hydrogens is 268 g/mol. The number of benzene rings is 1. The van der Waals surface area contributed by atoms with E-state index in [1.807, 2.05) is 0 Å². The number of carbonyl (C=O) groups excluding carboxylic acids is 1. The van der Waals surface area contributed by atoms with E-state index in [0.29, 0.717) is 12.1 Å². The van der Waals surface area contributed by atoms with Gasteiger partial charge in [-0.15, -0.1) is 11.6 Å². The second-order valence-corrected chi connectivity index (χ2v) is 4.59. The largest absolute Gasteiger partial charge is 0.323 e. The van der Waals surface area contributed by atoms with Crippen LogP contribution in [0.2, 0.25) is 5.02 Å². The SMILES string of the molecule is O=C(Nc1ccc(F)cc1Cl)C1CC(Cl)NN1. The summed E-state index contributed by atoms with van der Waals surface area (Å²) in [5, 5.41) is 2.76. The molecule has 1 aliphatic heterocycles. The van der Waals surface area contributed by atoms with Gasteiger partial charge in [0.2, 0.25) is 5.91 Å². The van der Waals surface area contributed by atoms with E-state index in [-0.39, 0.29) is 16.4 Å². The van der Waals surface area contributed by atoms with Crippen molar-refractivity contribution in [3.05, 3.63) is 29.0 Å². The first kappa shape index (κ1) is 12.6. The minimum Gasteiger partial charge on any atom is -0.323 e. The van der Waals surface area contributed by atoms with Crippen LogP contribution in [-0.2, 0) is 4.79 Å². The molecular formula is C10H10Cl2FN3O. The minimum atomic E-state index is -0.450. The van der Waals surface area contributed by atoms with Gasteiger partial charge in [-0.1, -0.05) is 11.6 Å². The zero-order chi connectivity index (χ0) is 12.4. The van der Waals surface area contributed by atoms with Crippen LogP contribution in [0.4, 0.5) is 10.1 Å². The molecule has 0 aromatic heterocycles. The van der Waals surface area contributed by atoms with Crippen molar-refractivity contribution >= 4 is 34.8 Å². The quantitative estimate of drug-likeness (QED) is 0.571. The molecule has 0 saturated carbocycles. The van der Waals surface area contributed by atoms with Crippen LogP contribution >= 0.6 is 23.2 Å². The molecule has 2 rings (SSSR count). The Kier molecular flexibility index (Phi) is 3.83. The molecule has 4 nitrogen and oxygen atoms in total. The van der Waals surface area contributed by atoms with Crippen LogP contribution in [0.3, 0.4) is 0 Å². The number of amides is 1. The number of halogens is 3. The van der Waals surface area contributed by atoms with Gasteiger partial charge in [0.05, 0.1) is 16.2 Å². The molecule has 17 heavy (non-hydrogen) atoms. The normalized spacial score (nSPS) is 23.7. The third-order valence-corrected chi connectivity index (χ3v) is 2.96. The molecule has 1 aromatic rings. The highest BCUT2D eigenvalue weighted by atomic mass is 35.5. The van der Waals surface area contributed by atoms with Gasteiger partial charge in [-0.05, 0) is 18.2 Å². The van der Waals surface area contributed by atoms with Gasteiger partial charge in [-0.2, -0.15) is 0 Å². The number of hydrazine groups is 1. The lowest BCUT2D eigenvalue weighted by Crippen LogP contribution is -2.39. The number of rotatable bonds is 2. The third-order valence-electron chi connectivity index (χ3n) is 2.36. The molecule has 0 spiro atoms. The van der Waals surface area contributed by atoms with Gasteiger partial charge in [0.1, 0.15) is 11.9 Å². The monoisotopic (exact) mass is 277 g/mol. The van der Waals surface area contributed by atoms with Crippen LogP contribution in [0, 0.1) is 5.82 Å². The number of hydrogen-bond acceptors (Lipinski definition) is 3. The Morgan fingerprint density at radius 2 is 2.24 bits per heavy atom. The van der Waals surface area contributed by atoms with E-state index in [0.717, 1.165) is 6.07 Å². The number of hydrogen-bond donors (Lipinski definition) is 3. The van der Waals surface area contributed by atoms with Gasteiger partial charge in [0.15, 0.2) is 0 Å². The molecule has 3 N–H and O–H groups in total. The fourth-order valence-electron chi connectivity index (χ4n) is 1.50. The molecule has 0 aliphatic carbocycles. The highest BCUT2D eigenvalue weighted by Crippen LogP contribution is 2.23. The Morgan fingerprint density at radius 1 is 1.47 bits per heavy atom. The van der Waals surface area contributed by atoms with E-state index < -0.39 is 11.9 Å². The van der Waals surface area contributed by atoms with Crippen molar-refractivity contribution in [1.29, 1.82) is 0 Å². The lowest BCUT2D eigenvalue weighted by Gasteiger charge is -2.11. The van der Waals surface area contributed by atoms with Crippen LogP contribution in [-0.4, -0.2) is 17.5 Å². The van der Waals surface area contributed by atoms with Crippen molar-refractivity contribution < 1.29 is 9.18 Å². The van der Waals surface area contributed by atoms with Gasteiger partial charge < -0.3 is 5.32 Å². The lowest BCUT2D eigenvalue weighted by molar-refractivity contribution is -0.117. The molecule has 2 atom stereocenters. The molecule has 1 heterocycles. The van der Waals surface area contributed by atoms with Crippen LogP contribution in [0.1, 0.15) is 6.42 Å². The van der Waals surface area contributed by atoms with Gasteiger partial charge in [-0.25, -0.2) is 15.2 Å². The molecule has 1 aliphatic rings. The zero-order valence-corrected chi connectivity index (χ0v) is 10.1. The van der Waals surface area contributed by atoms with Crippen LogP contribution in [0.5, 0.6) is 0 Å². The molecule has 1 amide bonds. The first-order chi connectivity index (χ1) is 8.06. The summed E-state index contributed by atoms with van der Waals surface area (Å²) in [5.74, 6) is -0.719. The van der Waals surface area contributed by atoms with Gasteiger partial charge in [0.25, 0.3) is 0 Å². The van der Waals surface area contributed by atoms with Crippen molar-refractivity contribution in [2.45, 2.75) is 18.0 Å². The van der Waals surface area contributed by atoms with E-state index in [1.54, 1.807) is 0 Å². The smallest absolute Gasteiger partial charge is 0.243 e. The second-order valence-electron chi connectivity index (χ2n) is 3.66. The fraction of sp³-hybridized carbons (Fsp3) is 0.300. The number of alkyl halides is 1. The summed E-state index contributed by atoms with van der Waals surface area (Å²) in [6.07, 6.45) is 0.464. The predicted octanol–water partition coefficient (Wildman–Crippen LogP) is 1.85.